The Bertz CT molecular complexity index is 1550. The summed E-state index contributed by atoms with van der Waals surface area (Å²) in [5.41, 5.74) is 0. The van der Waals surface area contributed by atoms with E-state index in [1.54, 1.807) is 0 Å². The molecule has 0 radical (unpaired) electrons. The number of hydrogen-bond donors (Lipinski definition) is 0. The molecule has 63 heavy (non-hydrogen) atoms. The first-order valence-electron chi connectivity index (χ1n) is 23.8. The summed E-state index contributed by atoms with van der Waals surface area (Å²) in [5, 5.41) is 0. The summed E-state index contributed by atoms with van der Waals surface area (Å²) < 4.78 is 16.7. The van der Waals surface area contributed by atoms with Crippen LogP contribution in [0.3, 0.4) is 0 Å². The van der Waals surface area contributed by atoms with Crippen molar-refractivity contribution >= 4 is 17.9 Å². The highest BCUT2D eigenvalue weighted by molar-refractivity contribution is 5.71. The molecule has 0 N–H and O–H groups in total. The van der Waals surface area contributed by atoms with Gasteiger partial charge in [0.15, 0.2) is 6.10 Å². The largest absolute Gasteiger partial charge is 0.462 e. The third kappa shape index (κ3) is 47.7. The Morgan fingerprint density at radius 1 is 0.317 bits per heavy atom. The predicted molar refractivity (Wildman–Crippen MR) is 269 cm³/mol. The van der Waals surface area contributed by atoms with E-state index in [2.05, 4.69) is 69.4 Å². The maximum absolute atomic E-state index is 12.8. The van der Waals surface area contributed by atoms with Gasteiger partial charge in [0.1, 0.15) is 13.2 Å². The number of carbonyl (C=O) groups excluding carboxylic acids is 3. The zero-order chi connectivity index (χ0) is 45.8. The lowest BCUT2D eigenvalue weighted by atomic mass is 10.1. The SMILES string of the molecule is CC/C=C/C=C/C=C/C=C/C=C/C=C/CCCCCC(=O)OCC(COC(=O)CCCCC/C=C/C=C/C=C/C=C/CC)OC(=O)CCCCCCC/C=C/C=C/C=C/C=C/CC. The number of carbonyl (C=O) groups is 3. The van der Waals surface area contributed by atoms with Crippen LogP contribution < -0.4 is 0 Å². The van der Waals surface area contributed by atoms with Gasteiger partial charge in [-0.2, -0.15) is 0 Å². The van der Waals surface area contributed by atoms with E-state index in [1.807, 2.05) is 122 Å². The van der Waals surface area contributed by atoms with E-state index in [0.29, 0.717) is 12.8 Å². The molecule has 0 amide bonds. The second-order valence-corrected chi connectivity index (χ2v) is 14.9. The smallest absolute Gasteiger partial charge is 0.306 e. The quantitative estimate of drug-likeness (QED) is 0.0265. The Balaban J connectivity index is 4.64. The third-order valence-electron chi connectivity index (χ3n) is 9.05. The molecule has 0 fully saturated rings. The van der Waals surface area contributed by atoms with E-state index in [9.17, 15) is 14.4 Å². The number of hydrogen-bond acceptors (Lipinski definition) is 6. The summed E-state index contributed by atoms with van der Waals surface area (Å²) in [4.78, 5) is 37.9. The zero-order valence-corrected chi connectivity index (χ0v) is 39.2. The lowest BCUT2D eigenvalue weighted by molar-refractivity contribution is -0.167. The van der Waals surface area contributed by atoms with Gasteiger partial charge in [-0.25, -0.2) is 0 Å². The van der Waals surface area contributed by atoms with Gasteiger partial charge < -0.3 is 14.2 Å². The summed E-state index contributed by atoms with van der Waals surface area (Å²) >= 11 is 0. The van der Waals surface area contributed by atoms with Crippen molar-refractivity contribution in [3.8, 4) is 0 Å². The summed E-state index contributed by atoms with van der Waals surface area (Å²) in [6.07, 6.45) is 73.3. The van der Waals surface area contributed by atoms with Crippen LogP contribution in [0.15, 0.2) is 170 Å². The van der Waals surface area contributed by atoms with E-state index in [4.69, 9.17) is 14.2 Å². The number of rotatable bonds is 39. The van der Waals surface area contributed by atoms with Crippen LogP contribution >= 0.6 is 0 Å². The molecule has 6 heteroatoms. The van der Waals surface area contributed by atoms with Gasteiger partial charge in [-0.1, -0.05) is 223 Å². The van der Waals surface area contributed by atoms with Gasteiger partial charge >= 0.3 is 17.9 Å². The Kier molecular flexibility index (Phi) is 45.3. The molecule has 0 aliphatic rings. The fourth-order valence-corrected chi connectivity index (χ4v) is 5.55. The van der Waals surface area contributed by atoms with Crippen LogP contribution in [-0.2, 0) is 28.6 Å². The standard InChI is InChI=1S/C57H82O6/c1-4-7-10-13-16-19-22-25-27-28-30-32-35-38-41-44-47-50-56(59)62-53-54(52-61-55(58)49-46-43-40-37-34-31-24-21-18-15-12-9-6-3)63-57(60)51-48-45-42-39-36-33-29-26-23-20-17-14-11-8-5-2/h7-32,34-35,54H,4-6,33,36-53H2,1-3H3/b10-7+,11-8+,12-9+,16-13+,17-14+,18-15+,22-19+,23-20+,24-21+,27-25+,29-26+,30-28+,34-31+,35-32+. The molecule has 0 aromatic heterocycles. The first kappa shape index (κ1) is 57.8. The van der Waals surface area contributed by atoms with Gasteiger partial charge in [-0.05, 0) is 77.0 Å². The minimum atomic E-state index is -0.834. The third-order valence-corrected chi connectivity index (χ3v) is 9.05. The second-order valence-electron chi connectivity index (χ2n) is 14.9. The van der Waals surface area contributed by atoms with Crippen molar-refractivity contribution in [1.82, 2.24) is 0 Å². The molecule has 0 spiro atoms. The lowest BCUT2D eigenvalue weighted by Gasteiger charge is -2.18. The van der Waals surface area contributed by atoms with Crippen LogP contribution in [0, 0.1) is 0 Å². The molecule has 0 bridgehead atoms. The maximum Gasteiger partial charge on any atom is 0.306 e. The summed E-state index contributed by atoms with van der Waals surface area (Å²) in [6, 6.07) is 0. The molecular weight excluding hydrogens is 781 g/mol. The highest BCUT2D eigenvalue weighted by Crippen LogP contribution is 2.11. The Hall–Kier alpha value is -5.23. The van der Waals surface area contributed by atoms with Crippen LogP contribution in [-0.4, -0.2) is 37.2 Å². The molecule has 0 rings (SSSR count). The topological polar surface area (TPSA) is 78.9 Å². The zero-order valence-electron chi connectivity index (χ0n) is 39.2. The van der Waals surface area contributed by atoms with Crippen LogP contribution in [0.2, 0.25) is 0 Å². The van der Waals surface area contributed by atoms with Crippen molar-refractivity contribution in [2.24, 2.45) is 0 Å². The molecule has 0 aromatic carbocycles. The van der Waals surface area contributed by atoms with Crippen molar-refractivity contribution in [3.05, 3.63) is 170 Å². The molecular formula is C57H82O6. The number of esters is 3. The number of ether oxygens (including phenoxy) is 3. The van der Waals surface area contributed by atoms with Crippen LogP contribution in [0.5, 0.6) is 0 Å². The second kappa shape index (κ2) is 49.4. The van der Waals surface area contributed by atoms with Crippen molar-refractivity contribution in [2.45, 2.75) is 155 Å². The van der Waals surface area contributed by atoms with Gasteiger partial charge in [-0.3, -0.25) is 14.4 Å². The number of unbranched alkanes of at least 4 members (excludes halogenated alkanes) is 11. The molecule has 6 nitrogen and oxygen atoms in total. The van der Waals surface area contributed by atoms with Crippen molar-refractivity contribution < 1.29 is 28.6 Å². The molecule has 1 atom stereocenters. The first-order valence-corrected chi connectivity index (χ1v) is 23.8. The highest BCUT2D eigenvalue weighted by Gasteiger charge is 2.19. The van der Waals surface area contributed by atoms with E-state index in [0.717, 1.165) is 96.3 Å². The Morgan fingerprint density at radius 3 is 0.905 bits per heavy atom. The van der Waals surface area contributed by atoms with Crippen molar-refractivity contribution in [2.75, 3.05) is 13.2 Å². The fourth-order valence-electron chi connectivity index (χ4n) is 5.55. The summed E-state index contributed by atoms with van der Waals surface area (Å²) in [6.45, 7) is 6.07. The van der Waals surface area contributed by atoms with Gasteiger partial charge in [0.2, 0.25) is 0 Å². The van der Waals surface area contributed by atoms with Crippen LogP contribution in [0.25, 0.3) is 0 Å². The van der Waals surface area contributed by atoms with Crippen LogP contribution in [0.4, 0.5) is 0 Å². The minimum absolute atomic E-state index is 0.133. The Morgan fingerprint density at radius 2 is 0.571 bits per heavy atom. The molecule has 0 aliphatic carbocycles. The normalized spacial score (nSPS) is 13.6. The minimum Gasteiger partial charge on any atom is -0.462 e. The van der Waals surface area contributed by atoms with Gasteiger partial charge in [-0.15, -0.1) is 0 Å². The average Bonchev–Trinajstić information content (AvgIpc) is 3.28. The van der Waals surface area contributed by atoms with Gasteiger partial charge in [0, 0.05) is 19.3 Å². The van der Waals surface area contributed by atoms with E-state index in [-0.39, 0.29) is 50.4 Å². The fraction of sp³-hybridized carbons (Fsp3) is 0.456. The van der Waals surface area contributed by atoms with Crippen molar-refractivity contribution in [3.63, 3.8) is 0 Å². The predicted octanol–water partition coefficient (Wildman–Crippen LogP) is 15.6. The van der Waals surface area contributed by atoms with Crippen LogP contribution in [0.1, 0.15) is 149 Å². The molecule has 0 saturated heterocycles. The molecule has 1 unspecified atom stereocenters. The summed E-state index contributed by atoms with van der Waals surface area (Å²) in [7, 11) is 0. The van der Waals surface area contributed by atoms with E-state index < -0.39 is 6.10 Å². The van der Waals surface area contributed by atoms with Crippen molar-refractivity contribution in [1.29, 1.82) is 0 Å². The molecule has 0 aliphatic heterocycles. The lowest BCUT2D eigenvalue weighted by Crippen LogP contribution is -2.30. The van der Waals surface area contributed by atoms with Gasteiger partial charge in [0.05, 0.1) is 0 Å². The first-order chi connectivity index (χ1) is 31.0. The highest BCUT2D eigenvalue weighted by atomic mass is 16.6. The Labute approximate surface area is 383 Å². The molecule has 346 valence electrons. The molecule has 0 saturated carbocycles. The molecule has 0 aromatic rings. The number of allylic oxidation sites excluding steroid dienone is 28. The van der Waals surface area contributed by atoms with E-state index in [1.165, 1.54) is 0 Å². The monoisotopic (exact) mass is 863 g/mol. The average molecular weight is 863 g/mol. The molecule has 0 heterocycles. The van der Waals surface area contributed by atoms with E-state index >= 15 is 0 Å². The van der Waals surface area contributed by atoms with Gasteiger partial charge in [0.25, 0.3) is 0 Å². The maximum atomic E-state index is 12.8. The summed E-state index contributed by atoms with van der Waals surface area (Å²) in [5.74, 6) is -1.06.